The first-order valence-corrected chi connectivity index (χ1v) is 6.58. The second-order valence-corrected chi connectivity index (χ2v) is 5.04. The van der Waals surface area contributed by atoms with Crippen LogP contribution in [0.1, 0.15) is 40.2 Å². The van der Waals surface area contributed by atoms with Gasteiger partial charge >= 0.3 is 6.09 Å². The van der Waals surface area contributed by atoms with Gasteiger partial charge < -0.3 is 9.84 Å². The minimum Gasteiger partial charge on any atom is -0.505 e. The maximum Gasteiger partial charge on any atom is 0.412 e. The maximum atomic E-state index is 11.6. The monoisotopic (exact) mass is 298 g/mol. The third-order valence-corrected chi connectivity index (χ3v) is 2.13. The van der Waals surface area contributed by atoms with Crippen LogP contribution in [0.5, 0.6) is 5.75 Å². The predicted molar refractivity (Wildman–Crippen MR) is 80.7 cm³/mol. The highest BCUT2D eigenvalue weighted by Crippen LogP contribution is 2.32. The summed E-state index contributed by atoms with van der Waals surface area (Å²) in [5, 5.41) is 22.8. The molecule has 1 rings (SSSR count). The van der Waals surface area contributed by atoms with Crippen LogP contribution in [0.3, 0.4) is 0 Å². The summed E-state index contributed by atoms with van der Waals surface area (Å²) in [5.74, 6) is -0.226. The number of nitro benzene ring substituents is 1. The number of hydrogen-bond donors (Lipinski definition) is 2. The Hall–Kier alpha value is -2.31. The van der Waals surface area contributed by atoms with Gasteiger partial charge in [-0.15, -0.1) is 0 Å². The molecule has 0 unspecified atom stereocenters. The molecular weight excluding hydrogens is 276 g/mol. The quantitative estimate of drug-likeness (QED) is 0.488. The Morgan fingerprint density at radius 2 is 1.86 bits per heavy atom. The van der Waals surface area contributed by atoms with E-state index in [0.29, 0.717) is 5.56 Å². The number of phenols is 1. The van der Waals surface area contributed by atoms with Gasteiger partial charge in [0.1, 0.15) is 11.4 Å². The fourth-order valence-corrected chi connectivity index (χ4v) is 1.37. The SMILES string of the molecule is CC.Cc1cc([N+](=O)[O-])cc(NC(=O)OC(C)(C)C)c1O. The third-order valence-electron chi connectivity index (χ3n) is 2.13. The molecular formula is C14H22N2O5. The molecule has 0 aliphatic heterocycles. The van der Waals surface area contributed by atoms with Gasteiger partial charge in [-0.3, -0.25) is 15.4 Å². The van der Waals surface area contributed by atoms with E-state index in [4.69, 9.17) is 4.74 Å². The zero-order chi connectivity index (χ0) is 16.8. The summed E-state index contributed by atoms with van der Waals surface area (Å²) in [7, 11) is 0. The van der Waals surface area contributed by atoms with Crippen molar-refractivity contribution < 1.29 is 19.6 Å². The molecule has 2 N–H and O–H groups in total. The van der Waals surface area contributed by atoms with E-state index in [-0.39, 0.29) is 17.1 Å². The normalized spacial score (nSPS) is 10.2. The molecule has 21 heavy (non-hydrogen) atoms. The molecule has 0 aliphatic carbocycles. The smallest absolute Gasteiger partial charge is 0.412 e. The summed E-state index contributed by atoms with van der Waals surface area (Å²) in [5.41, 5.74) is -0.683. The first-order chi connectivity index (χ1) is 9.60. The van der Waals surface area contributed by atoms with Gasteiger partial charge in [0.15, 0.2) is 0 Å². The van der Waals surface area contributed by atoms with E-state index >= 15 is 0 Å². The molecule has 1 aromatic carbocycles. The van der Waals surface area contributed by atoms with Crippen LogP contribution >= 0.6 is 0 Å². The number of nitro groups is 1. The summed E-state index contributed by atoms with van der Waals surface area (Å²) in [6, 6.07) is 2.29. The molecule has 0 fully saturated rings. The molecule has 0 saturated carbocycles. The van der Waals surface area contributed by atoms with Gasteiger partial charge in [-0.25, -0.2) is 4.79 Å². The zero-order valence-electron chi connectivity index (χ0n) is 13.2. The number of aryl methyl sites for hydroxylation is 1. The van der Waals surface area contributed by atoms with Crippen molar-refractivity contribution in [2.24, 2.45) is 0 Å². The molecule has 0 heterocycles. The number of hydrogen-bond acceptors (Lipinski definition) is 5. The van der Waals surface area contributed by atoms with Crippen LogP contribution in [0.2, 0.25) is 0 Å². The van der Waals surface area contributed by atoms with E-state index in [9.17, 15) is 20.0 Å². The first kappa shape index (κ1) is 18.7. The van der Waals surface area contributed by atoms with Crippen LogP contribution < -0.4 is 5.32 Å². The number of nitrogens with one attached hydrogen (secondary N) is 1. The van der Waals surface area contributed by atoms with Crippen molar-refractivity contribution in [2.75, 3.05) is 5.32 Å². The molecule has 118 valence electrons. The molecule has 0 bridgehead atoms. The number of benzene rings is 1. The molecule has 1 aromatic rings. The molecule has 0 saturated heterocycles. The van der Waals surface area contributed by atoms with Crippen LogP contribution in [0, 0.1) is 17.0 Å². The van der Waals surface area contributed by atoms with Crippen molar-refractivity contribution in [3.05, 3.63) is 27.8 Å². The number of amides is 1. The lowest BCUT2D eigenvalue weighted by molar-refractivity contribution is -0.384. The molecule has 0 atom stereocenters. The van der Waals surface area contributed by atoms with Crippen molar-refractivity contribution in [2.45, 2.75) is 47.1 Å². The Labute approximate surface area is 124 Å². The first-order valence-electron chi connectivity index (χ1n) is 6.58. The molecule has 7 heteroatoms. The van der Waals surface area contributed by atoms with Crippen molar-refractivity contribution >= 4 is 17.5 Å². The topological polar surface area (TPSA) is 102 Å². The van der Waals surface area contributed by atoms with Gasteiger partial charge in [-0.1, -0.05) is 13.8 Å². The lowest BCUT2D eigenvalue weighted by atomic mass is 10.1. The number of rotatable bonds is 2. The number of phenolic OH excluding ortho intramolecular Hbond substituents is 1. The van der Waals surface area contributed by atoms with E-state index in [1.54, 1.807) is 20.8 Å². The number of nitrogens with zero attached hydrogens (tertiary/aromatic N) is 1. The summed E-state index contributed by atoms with van der Waals surface area (Å²) in [6.45, 7) is 10.6. The Balaban J connectivity index is 0.00000191. The average molecular weight is 298 g/mol. The van der Waals surface area contributed by atoms with Crippen molar-refractivity contribution in [1.82, 2.24) is 0 Å². The van der Waals surface area contributed by atoms with Gasteiger partial charge in [0.2, 0.25) is 0 Å². The zero-order valence-corrected chi connectivity index (χ0v) is 13.2. The summed E-state index contributed by atoms with van der Waals surface area (Å²) < 4.78 is 5.01. The number of anilines is 1. The van der Waals surface area contributed by atoms with E-state index < -0.39 is 16.6 Å². The van der Waals surface area contributed by atoms with Gasteiger partial charge in [0.25, 0.3) is 5.69 Å². The molecule has 7 nitrogen and oxygen atoms in total. The lowest BCUT2D eigenvalue weighted by Gasteiger charge is -2.20. The van der Waals surface area contributed by atoms with Gasteiger partial charge in [-0.05, 0) is 33.3 Å². The number of carbonyl (C=O) groups is 1. The van der Waals surface area contributed by atoms with Crippen molar-refractivity contribution in [1.29, 1.82) is 0 Å². The van der Waals surface area contributed by atoms with E-state index in [1.165, 1.54) is 13.0 Å². The minimum atomic E-state index is -0.789. The van der Waals surface area contributed by atoms with Crippen LogP contribution in [0.25, 0.3) is 0 Å². The second kappa shape index (κ2) is 7.47. The van der Waals surface area contributed by atoms with Crippen LogP contribution in [-0.4, -0.2) is 21.7 Å². The van der Waals surface area contributed by atoms with E-state index in [0.717, 1.165) is 6.07 Å². The number of non-ortho nitro benzene ring substituents is 1. The van der Waals surface area contributed by atoms with Crippen molar-refractivity contribution in [3.8, 4) is 5.75 Å². The Kier molecular flexibility index (Phi) is 6.65. The highest BCUT2D eigenvalue weighted by Gasteiger charge is 2.20. The predicted octanol–water partition coefficient (Wildman–Crippen LogP) is 3.98. The van der Waals surface area contributed by atoms with Crippen LogP contribution in [0.4, 0.5) is 16.2 Å². The Morgan fingerprint density at radius 1 is 1.33 bits per heavy atom. The highest BCUT2D eigenvalue weighted by molar-refractivity contribution is 5.88. The molecule has 0 radical (unpaired) electrons. The third kappa shape index (κ3) is 6.11. The van der Waals surface area contributed by atoms with Gasteiger partial charge in [-0.2, -0.15) is 0 Å². The minimum absolute atomic E-state index is 0.0547. The fraction of sp³-hybridized carbons (Fsp3) is 0.500. The van der Waals surface area contributed by atoms with Crippen molar-refractivity contribution in [3.63, 3.8) is 0 Å². The maximum absolute atomic E-state index is 11.6. The van der Waals surface area contributed by atoms with E-state index in [1.807, 2.05) is 13.8 Å². The molecule has 0 aromatic heterocycles. The number of aromatic hydroxyl groups is 1. The standard InChI is InChI=1S/C12H16N2O5.C2H6/c1-7-5-8(14(17)18)6-9(10(7)15)13-11(16)19-12(2,3)4;1-2/h5-6,15H,1-4H3,(H,13,16);1-2H3. The Bertz CT molecular complexity index is 521. The molecule has 1 amide bonds. The summed E-state index contributed by atoms with van der Waals surface area (Å²) >= 11 is 0. The van der Waals surface area contributed by atoms with E-state index in [2.05, 4.69) is 5.32 Å². The largest absolute Gasteiger partial charge is 0.505 e. The van der Waals surface area contributed by atoms with Gasteiger partial charge in [0.05, 0.1) is 10.6 Å². The average Bonchev–Trinajstić information content (AvgIpc) is 2.34. The molecule has 0 spiro atoms. The fourth-order valence-electron chi connectivity index (χ4n) is 1.37. The Morgan fingerprint density at radius 3 is 2.29 bits per heavy atom. The summed E-state index contributed by atoms with van der Waals surface area (Å²) in [4.78, 5) is 21.7. The lowest BCUT2D eigenvalue weighted by Crippen LogP contribution is -2.27. The van der Waals surface area contributed by atoms with Crippen LogP contribution in [-0.2, 0) is 4.74 Å². The second-order valence-electron chi connectivity index (χ2n) is 5.04. The van der Waals surface area contributed by atoms with Crippen LogP contribution in [0.15, 0.2) is 12.1 Å². The highest BCUT2D eigenvalue weighted by atomic mass is 16.6. The summed E-state index contributed by atoms with van der Waals surface area (Å²) in [6.07, 6.45) is -0.789. The molecule has 0 aliphatic rings. The number of ether oxygens (including phenoxy) is 1. The number of carbonyl (C=O) groups excluding carboxylic acids is 1. The van der Waals surface area contributed by atoms with Gasteiger partial charge in [0, 0.05) is 12.1 Å².